The van der Waals surface area contributed by atoms with Crippen molar-refractivity contribution < 1.29 is 9.13 Å². The molecule has 4 saturated heterocycles. The number of aromatic nitrogens is 4. The summed E-state index contributed by atoms with van der Waals surface area (Å²) in [7, 11) is 0. The average Bonchev–Trinajstić information content (AvgIpc) is 3.61. The topological polar surface area (TPSA) is 79.3 Å². The molecule has 40 heavy (non-hydrogen) atoms. The highest BCUT2D eigenvalue weighted by molar-refractivity contribution is 6.36. The van der Waals surface area contributed by atoms with E-state index in [-0.39, 0.29) is 11.5 Å². The molecule has 0 amide bonds. The van der Waals surface area contributed by atoms with Crippen molar-refractivity contribution >= 4 is 39.2 Å². The second-order valence-electron chi connectivity index (χ2n) is 11.8. The predicted molar refractivity (Wildman–Crippen MR) is 154 cm³/mol. The summed E-state index contributed by atoms with van der Waals surface area (Å²) in [5.74, 6) is 1.36. The van der Waals surface area contributed by atoms with Gasteiger partial charge >= 0.3 is 6.01 Å². The van der Waals surface area contributed by atoms with E-state index in [0.29, 0.717) is 48.2 Å². The fraction of sp³-hybridized carbons (Fsp3) is 0.467. The molecule has 2 aromatic carbocycles. The Morgan fingerprint density at radius 3 is 2.73 bits per heavy atom. The number of hydrogen-bond acceptors (Lipinski definition) is 8. The molecule has 206 valence electrons. The summed E-state index contributed by atoms with van der Waals surface area (Å²) >= 11 is 6.63. The molecule has 2 unspecified atom stereocenters. The second-order valence-corrected chi connectivity index (χ2v) is 12.2. The molecule has 0 spiro atoms. The Labute approximate surface area is 236 Å². The number of nitrogens with zero attached hydrogens (tertiary/aromatic N) is 6. The molecule has 2 bridgehead atoms. The minimum atomic E-state index is -0.809. The second kappa shape index (κ2) is 9.46. The van der Waals surface area contributed by atoms with Gasteiger partial charge in [0.2, 0.25) is 0 Å². The maximum Gasteiger partial charge on any atom is 0.320 e. The Bertz CT molecular complexity index is 1600. The molecule has 1 N–H and O–H groups in total. The zero-order valence-corrected chi connectivity index (χ0v) is 22.9. The number of halogens is 2. The van der Waals surface area contributed by atoms with Gasteiger partial charge in [0, 0.05) is 60.3 Å². The van der Waals surface area contributed by atoms with E-state index >= 15 is 0 Å². The zero-order chi connectivity index (χ0) is 26.8. The minimum Gasteiger partial charge on any atom is -0.461 e. The van der Waals surface area contributed by atoms with E-state index in [1.165, 1.54) is 12.8 Å². The third-order valence-corrected chi connectivity index (χ3v) is 9.57. The first-order chi connectivity index (χ1) is 19.5. The van der Waals surface area contributed by atoms with Gasteiger partial charge in [-0.15, -0.1) is 0 Å². The smallest absolute Gasteiger partial charge is 0.320 e. The van der Waals surface area contributed by atoms with Crippen molar-refractivity contribution in [2.24, 2.45) is 0 Å². The summed E-state index contributed by atoms with van der Waals surface area (Å²) < 4.78 is 20.7. The first-order valence-corrected chi connectivity index (χ1v) is 14.7. The Balaban J connectivity index is 1.21. The molecular weight excluding hydrogens is 529 g/mol. The Morgan fingerprint density at radius 2 is 1.88 bits per heavy atom. The van der Waals surface area contributed by atoms with Gasteiger partial charge in [0.1, 0.15) is 18.6 Å². The van der Waals surface area contributed by atoms with Gasteiger partial charge in [-0.25, -0.2) is 14.4 Å². The van der Waals surface area contributed by atoms with Gasteiger partial charge in [-0.1, -0.05) is 41.9 Å². The number of anilines is 1. The molecule has 4 aromatic rings. The summed E-state index contributed by atoms with van der Waals surface area (Å²) in [6.45, 7) is 3.51. The summed E-state index contributed by atoms with van der Waals surface area (Å²) in [6, 6.07) is 13.1. The molecule has 4 atom stereocenters. The fourth-order valence-corrected chi connectivity index (χ4v) is 7.70. The lowest BCUT2D eigenvalue weighted by Crippen LogP contribution is -2.51. The molecule has 4 aliphatic heterocycles. The first kappa shape index (κ1) is 24.6. The summed E-state index contributed by atoms with van der Waals surface area (Å²) in [5, 5.41) is 7.09. The molecule has 0 radical (unpaired) electrons. The predicted octanol–water partition coefficient (Wildman–Crippen LogP) is 4.79. The summed E-state index contributed by atoms with van der Waals surface area (Å²) in [5.41, 5.74) is 1.12. The molecule has 4 fully saturated rings. The maximum atomic E-state index is 14.4. The van der Waals surface area contributed by atoms with Gasteiger partial charge in [-0.2, -0.15) is 9.97 Å². The SMILES string of the molecule is F[C@H]1CN2CCC[C@@]2(COc2nc(N3CC4CCC(C3)N4)c3cnc(-c4cccc5cccc(Cl)c45)nc3n2)C1. The highest BCUT2D eigenvalue weighted by Crippen LogP contribution is 2.41. The van der Waals surface area contributed by atoms with Crippen LogP contribution in [0.25, 0.3) is 33.2 Å². The monoisotopic (exact) mass is 559 g/mol. The van der Waals surface area contributed by atoms with Crippen molar-refractivity contribution in [3.63, 3.8) is 0 Å². The van der Waals surface area contributed by atoms with Crippen LogP contribution in [0.15, 0.2) is 42.6 Å². The molecule has 2 aromatic heterocycles. The summed E-state index contributed by atoms with van der Waals surface area (Å²) in [4.78, 5) is 24.0. The quantitative estimate of drug-likeness (QED) is 0.374. The van der Waals surface area contributed by atoms with Crippen molar-refractivity contribution in [2.45, 2.75) is 55.9 Å². The van der Waals surface area contributed by atoms with E-state index in [1.807, 2.05) is 42.6 Å². The first-order valence-electron chi connectivity index (χ1n) is 14.3. The fourth-order valence-electron chi connectivity index (χ4n) is 7.42. The molecule has 0 saturated carbocycles. The van der Waals surface area contributed by atoms with Crippen LogP contribution in [0.1, 0.15) is 32.1 Å². The van der Waals surface area contributed by atoms with Crippen LogP contribution in [0, 0.1) is 0 Å². The molecule has 8 rings (SSSR count). The van der Waals surface area contributed by atoms with E-state index in [1.54, 1.807) is 0 Å². The average molecular weight is 560 g/mol. The highest BCUT2D eigenvalue weighted by Gasteiger charge is 2.49. The number of piperazine rings is 1. The zero-order valence-electron chi connectivity index (χ0n) is 22.2. The Kier molecular flexibility index (Phi) is 5.83. The molecule has 4 aliphatic rings. The van der Waals surface area contributed by atoms with Gasteiger partial charge < -0.3 is 15.0 Å². The van der Waals surface area contributed by atoms with Crippen LogP contribution in [0.3, 0.4) is 0 Å². The number of hydrogen-bond donors (Lipinski definition) is 1. The van der Waals surface area contributed by atoms with Gasteiger partial charge in [-0.3, -0.25) is 4.90 Å². The molecule has 8 nitrogen and oxygen atoms in total. The van der Waals surface area contributed by atoms with Gasteiger partial charge in [0.25, 0.3) is 0 Å². The van der Waals surface area contributed by atoms with E-state index in [9.17, 15) is 4.39 Å². The maximum absolute atomic E-state index is 14.4. The number of benzene rings is 2. The van der Waals surface area contributed by atoms with Crippen LogP contribution in [0.2, 0.25) is 5.02 Å². The lowest BCUT2D eigenvalue weighted by atomic mass is 9.95. The Morgan fingerprint density at radius 1 is 1.05 bits per heavy atom. The van der Waals surface area contributed by atoms with Gasteiger partial charge in [0.15, 0.2) is 11.5 Å². The number of alkyl halides is 1. The molecule has 10 heteroatoms. The van der Waals surface area contributed by atoms with Crippen LogP contribution in [-0.2, 0) is 0 Å². The van der Waals surface area contributed by atoms with E-state index in [2.05, 4.69) is 15.1 Å². The van der Waals surface area contributed by atoms with E-state index in [0.717, 1.165) is 60.0 Å². The van der Waals surface area contributed by atoms with Crippen molar-refractivity contribution in [3.8, 4) is 17.4 Å². The van der Waals surface area contributed by atoms with E-state index < -0.39 is 6.17 Å². The number of fused-ring (bicyclic) bond motifs is 5. The minimum absolute atomic E-state index is 0.275. The summed E-state index contributed by atoms with van der Waals surface area (Å²) in [6.07, 6.45) is 5.85. The van der Waals surface area contributed by atoms with Crippen LogP contribution >= 0.6 is 11.6 Å². The molecule has 6 heterocycles. The van der Waals surface area contributed by atoms with Crippen LogP contribution in [-0.4, -0.2) is 81.4 Å². The molecule has 0 aliphatic carbocycles. The highest BCUT2D eigenvalue weighted by atomic mass is 35.5. The normalized spacial score (nSPS) is 28.1. The number of nitrogens with one attached hydrogen (secondary N) is 1. The standard InChI is InChI=1S/C30H31ClFN7O/c31-24-7-2-5-18-4-1-6-22(25(18)24)26-33-13-23-27(35-26)36-29(37-28(23)38-15-20-8-9-21(16-38)34-20)40-17-30-10-3-11-39(30)14-19(32)12-30/h1-2,4-7,13,19-21,34H,3,8-12,14-17H2/t19-,20?,21?,30+/m1/s1. The number of rotatable bonds is 5. The van der Waals surface area contributed by atoms with Crippen LogP contribution in [0.5, 0.6) is 6.01 Å². The van der Waals surface area contributed by atoms with Crippen molar-refractivity contribution in [1.29, 1.82) is 0 Å². The molecular formula is C30H31ClFN7O. The van der Waals surface area contributed by atoms with E-state index in [4.69, 9.17) is 36.3 Å². The lowest BCUT2D eigenvalue weighted by Gasteiger charge is -2.34. The third-order valence-electron chi connectivity index (χ3n) is 9.25. The third kappa shape index (κ3) is 4.09. The van der Waals surface area contributed by atoms with Gasteiger partial charge in [-0.05, 0) is 43.7 Å². The largest absolute Gasteiger partial charge is 0.461 e. The number of ether oxygens (including phenoxy) is 1. The van der Waals surface area contributed by atoms with Crippen molar-refractivity contribution in [3.05, 3.63) is 47.6 Å². The van der Waals surface area contributed by atoms with Crippen LogP contribution < -0.4 is 15.0 Å². The van der Waals surface area contributed by atoms with Gasteiger partial charge in [0.05, 0.1) is 10.9 Å². The van der Waals surface area contributed by atoms with Crippen LogP contribution in [0.4, 0.5) is 10.2 Å². The van der Waals surface area contributed by atoms with Crippen molar-refractivity contribution in [2.75, 3.05) is 37.7 Å². The Hall–Kier alpha value is -3.14. The lowest BCUT2D eigenvalue weighted by molar-refractivity contribution is 0.107. The van der Waals surface area contributed by atoms with Crippen molar-refractivity contribution in [1.82, 2.24) is 30.2 Å².